The molecule has 0 radical (unpaired) electrons. The van der Waals surface area contributed by atoms with Crippen LogP contribution in [0.1, 0.15) is 19.3 Å². The molecule has 0 aliphatic heterocycles. The second kappa shape index (κ2) is 1.35. The number of hydrogen-bond acceptors (Lipinski definition) is 1. The lowest BCUT2D eigenvalue weighted by molar-refractivity contribution is 0.508. The summed E-state index contributed by atoms with van der Waals surface area (Å²) in [6.07, 6.45) is 6.24. The maximum atomic E-state index is 5.74. The van der Waals surface area contributed by atoms with Crippen molar-refractivity contribution in [3.8, 4) is 0 Å². The molecule has 2 N–H and O–H groups in total. The molecule has 8 heavy (non-hydrogen) atoms. The van der Waals surface area contributed by atoms with Crippen molar-refractivity contribution >= 4 is 0 Å². The predicted molar refractivity (Wildman–Crippen MR) is 33.4 cm³/mol. The highest BCUT2D eigenvalue weighted by molar-refractivity contribution is 5.21. The zero-order valence-corrected chi connectivity index (χ0v) is 4.93. The minimum Gasteiger partial charge on any atom is -0.324 e. The van der Waals surface area contributed by atoms with E-state index in [-0.39, 0.29) is 0 Å². The van der Waals surface area contributed by atoms with Gasteiger partial charge in [-0.15, -0.1) is 0 Å². The van der Waals surface area contributed by atoms with E-state index < -0.39 is 0 Å². The van der Waals surface area contributed by atoms with Crippen LogP contribution in [0.4, 0.5) is 0 Å². The lowest BCUT2D eigenvalue weighted by atomic mass is 10.0. The highest BCUT2D eigenvalue weighted by Gasteiger charge is 2.29. The Labute approximate surface area is 49.6 Å². The number of allylic oxidation sites excluding steroid dienone is 1. The van der Waals surface area contributed by atoms with Crippen LogP contribution >= 0.6 is 0 Å². The van der Waals surface area contributed by atoms with E-state index in [0.717, 1.165) is 5.92 Å². The van der Waals surface area contributed by atoms with Crippen molar-refractivity contribution in [2.75, 3.05) is 0 Å². The molecule has 0 heterocycles. The molecule has 0 amide bonds. The molecular weight excluding hydrogens is 98.1 g/mol. The van der Waals surface area contributed by atoms with Crippen molar-refractivity contribution < 1.29 is 0 Å². The molecule has 0 spiro atoms. The first kappa shape index (κ1) is 4.57. The summed E-state index contributed by atoms with van der Waals surface area (Å²) in [6, 6.07) is 0.416. The molecule has 0 aromatic heterocycles. The summed E-state index contributed by atoms with van der Waals surface area (Å²) in [4.78, 5) is 0. The molecule has 2 rings (SSSR count). The summed E-state index contributed by atoms with van der Waals surface area (Å²) in [6.45, 7) is 0. The van der Waals surface area contributed by atoms with Gasteiger partial charge < -0.3 is 5.73 Å². The van der Waals surface area contributed by atoms with Crippen LogP contribution < -0.4 is 5.73 Å². The Morgan fingerprint density at radius 2 is 2.50 bits per heavy atom. The van der Waals surface area contributed by atoms with Crippen LogP contribution in [-0.2, 0) is 0 Å². The number of hydrogen-bond donors (Lipinski definition) is 1. The SMILES string of the molecule is NC1C=C2CCC1C2. The van der Waals surface area contributed by atoms with E-state index in [1.54, 1.807) is 5.57 Å². The van der Waals surface area contributed by atoms with Crippen molar-refractivity contribution in [2.24, 2.45) is 11.7 Å². The molecule has 0 saturated heterocycles. The highest BCUT2D eigenvalue weighted by Crippen LogP contribution is 2.38. The van der Waals surface area contributed by atoms with E-state index in [0.29, 0.717) is 6.04 Å². The van der Waals surface area contributed by atoms with Crippen molar-refractivity contribution in [1.29, 1.82) is 0 Å². The Hall–Kier alpha value is -0.300. The van der Waals surface area contributed by atoms with Gasteiger partial charge in [0, 0.05) is 6.04 Å². The summed E-state index contributed by atoms with van der Waals surface area (Å²) < 4.78 is 0. The molecule has 2 bridgehead atoms. The predicted octanol–water partition coefficient (Wildman–Crippen LogP) is 1.05. The van der Waals surface area contributed by atoms with Crippen molar-refractivity contribution in [3.05, 3.63) is 11.6 Å². The maximum absolute atomic E-state index is 5.74. The van der Waals surface area contributed by atoms with Gasteiger partial charge in [0.1, 0.15) is 0 Å². The second-order valence-electron chi connectivity index (χ2n) is 2.91. The number of rotatable bonds is 0. The molecule has 2 aliphatic carbocycles. The molecular formula is C7H11N. The Kier molecular flexibility index (Phi) is 0.770. The zero-order valence-electron chi connectivity index (χ0n) is 4.93. The summed E-state index contributed by atoms with van der Waals surface area (Å²) in [5.41, 5.74) is 7.36. The van der Waals surface area contributed by atoms with Gasteiger partial charge in [-0.25, -0.2) is 0 Å². The molecule has 0 aromatic rings. The maximum Gasteiger partial charge on any atom is 0.0258 e. The Balaban J connectivity index is 2.28. The third kappa shape index (κ3) is 0.451. The van der Waals surface area contributed by atoms with Crippen molar-refractivity contribution in [3.63, 3.8) is 0 Å². The van der Waals surface area contributed by atoms with Gasteiger partial charge in [-0.2, -0.15) is 0 Å². The minimum atomic E-state index is 0.416. The van der Waals surface area contributed by atoms with E-state index in [9.17, 15) is 0 Å². The van der Waals surface area contributed by atoms with Gasteiger partial charge in [-0.05, 0) is 25.2 Å². The molecule has 1 saturated carbocycles. The minimum absolute atomic E-state index is 0.416. The van der Waals surface area contributed by atoms with Gasteiger partial charge in [-0.3, -0.25) is 0 Å². The van der Waals surface area contributed by atoms with Crippen LogP contribution in [0.2, 0.25) is 0 Å². The molecule has 1 heteroatoms. The molecule has 2 aliphatic rings. The van der Waals surface area contributed by atoms with Crippen LogP contribution in [-0.4, -0.2) is 6.04 Å². The fraction of sp³-hybridized carbons (Fsp3) is 0.714. The van der Waals surface area contributed by atoms with Gasteiger partial charge in [-0.1, -0.05) is 11.6 Å². The average molecular weight is 109 g/mol. The number of fused-ring (bicyclic) bond motifs is 2. The fourth-order valence-corrected chi connectivity index (χ4v) is 1.80. The van der Waals surface area contributed by atoms with Crippen LogP contribution in [0.5, 0.6) is 0 Å². The van der Waals surface area contributed by atoms with Gasteiger partial charge in [0.05, 0.1) is 0 Å². The summed E-state index contributed by atoms with van der Waals surface area (Å²) in [5.74, 6) is 0.824. The topological polar surface area (TPSA) is 26.0 Å². The van der Waals surface area contributed by atoms with Crippen LogP contribution in [0.25, 0.3) is 0 Å². The van der Waals surface area contributed by atoms with E-state index in [1.807, 2.05) is 0 Å². The van der Waals surface area contributed by atoms with Gasteiger partial charge in [0.25, 0.3) is 0 Å². The number of nitrogens with two attached hydrogens (primary N) is 1. The second-order valence-corrected chi connectivity index (χ2v) is 2.91. The zero-order chi connectivity index (χ0) is 5.56. The summed E-state index contributed by atoms with van der Waals surface area (Å²) in [7, 11) is 0. The Morgan fingerprint density at radius 3 is 2.75 bits per heavy atom. The summed E-state index contributed by atoms with van der Waals surface area (Å²) >= 11 is 0. The largest absolute Gasteiger partial charge is 0.324 e. The van der Waals surface area contributed by atoms with Gasteiger partial charge in [0.2, 0.25) is 0 Å². The van der Waals surface area contributed by atoms with E-state index in [1.165, 1.54) is 19.3 Å². The normalized spacial score (nSPS) is 42.9. The first-order valence-corrected chi connectivity index (χ1v) is 3.31. The molecule has 0 aromatic carbocycles. The molecule has 1 nitrogen and oxygen atoms in total. The van der Waals surface area contributed by atoms with Crippen molar-refractivity contribution in [1.82, 2.24) is 0 Å². The molecule has 1 fully saturated rings. The van der Waals surface area contributed by atoms with Crippen LogP contribution in [0.3, 0.4) is 0 Å². The monoisotopic (exact) mass is 109 g/mol. The van der Waals surface area contributed by atoms with Crippen molar-refractivity contribution in [2.45, 2.75) is 25.3 Å². The quantitative estimate of drug-likeness (QED) is 0.462. The molecule has 2 unspecified atom stereocenters. The van der Waals surface area contributed by atoms with E-state index in [4.69, 9.17) is 5.73 Å². The first-order valence-electron chi connectivity index (χ1n) is 3.31. The Bertz CT molecular complexity index is 137. The standard InChI is InChI=1S/C7H11N/c8-7-4-5-1-2-6(7)3-5/h4,6-7H,1-3,8H2. The van der Waals surface area contributed by atoms with Gasteiger partial charge >= 0.3 is 0 Å². The molecule has 2 atom stereocenters. The fourth-order valence-electron chi connectivity index (χ4n) is 1.80. The lowest BCUT2D eigenvalue weighted by Gasteiger charge is -2.10. The van der Waals surface area contributed by atoms with Crippen LogP contribution in [0, 0.1) is 5.92 Å². The smallest absolute Gasteiger partial charge is 0.0258 e. The first-order chi connectivity index (χ1) is 3.86. The van der Waals surface area contributed by atoms with Crippen LogP contribution in [0.15, 0.2) is 11.6 Å². The lowest BCUT2D eigenvalue weighted by Crippen LogP contribution is -2.23. The highest BCUT2D eigenvalue weighted by atomic mass is 14.7. The Morgan fingerprint density at radius 1 is 1.62 bits per heavy atom. The molecule has 44 valence electrons. The third-order valence-corrected chi connectivity index (χ3v) is 2.33. The van der Waals surface area contributed by atoms with E-state index >= 15 is 0 Å². The average Bonchev–Trinajstić information content (AvgIpc) is 2.23. The third-order valence-electron chi connectivity index (χ3n) is 2.33. The summed E-state index contributed by atoms with van der Waals surface area (Å²) in [5, 5.41) is 0. The van der Waals surface area contributed by atoms with Gasteiger partial charge in [0.15, 0.2) is 0 Å². The van der Waals surface area contributed by atoms with E-state index in [2.05, 4.69) is 6.08 Å².